The zero-order chi connectivity index (χ0) is 84.8. The van der Waals surface area contributed by atoms with Crippen molar-refractivity contribution in [2.75, 3.05) is 46.1 Å². The molecule has 28 nitrogen and oxygen atoms in total. The van der Waals surface area contributed by atoms with E-state index in [0.29, 0.717) is 135 Å². The van der Waals surface area contributed by atoms with E-state index in [4.69, 9.17) is 19.7 Å². The lowest BCUT2D eigenvalue weighted by molar-refractivity contribution is 0.597. The van der Waals surface area contributed by atoms with Gasteiger partial charge in [0, 0.05) is 103 Å². The Balaban J connectivity index is 0.000000164. The summed E-state index contributed by atoms with van der Waals surface area (Å²) in [6, 6.07) is 57.0. The molecule has 0 bridgehead atoms. The molecule has 0 saturated carbocycles. The summed E-state index contributed by atoms with van der Waals surface area (Å²) in [4.78, 5) is 91.5. The van der Waals surface area contributed by atoms with Gasteiger partial charge in [0.05, 0.1) is 65.2 Å². The highest BCUT2D eigenvalue weighted by Gasteiger charge is 2.27. The Kier molecular flexibility index (Phi) is 24.9. The number of pyridine rings is 6. The van der Waals surface area contributed by atoms with Gasteiger partial charge in [0.2, 0.25) is 27.1 Å². The number of aryl methyl sites for hydroxylation is 3. The number of benzene rings is 6. The van der Waals surface area contributed by atoms with E-state index in [1.165, 1.54) is 56.4 Å². The number of sulfone groups is 2. The van der Waals surface area contributed by atoms with E-state index in [9.17, 15) is 39.6 Å². The maximum Gasteiger partial charge on any atom is 0.263 e. The molecule has 9 heterocycles. The summed E-state index contributed by atoms with van der Waals surface area (Å²) >= 11 is 0. The fraction of sp³-hybridized carbons (Fsp3) is 0.157. The number of rotatable bonds is 19. The third kappa shape index (κ3) is 18.1. The first-order chi connectivity index (χ1) is 56.9. The monoisotopic (exact) mass is 1650 g/mol. The van der Waals surface area contributed by atoms with Crippen molar-refractivity contribution in [1.29, 1.82) is 0 Å². The standard InChI is InChI=1S/C30H27N7O3S.2C29H24N6O3S.CH4/c1-19(34-29-25(31-3)18-33-20(2)35-29)26-16-22-10-9-13-24(21-14-15-32-27(17-21)36(4)41(5,39)40)28(22)30(38)37(26)23-11-7-6-8-12-23;1-18(33-28-25(30-3)17-32-19(2)34-28)26-14-20-9-8-12-24(21-13-23(16-31-15-21)39(4,37)38)27(20)29(36)35(26)22-10-6-5-7-11-22;1-18(33-28-24(30-3)17-32-19(2)34-28)25-15-21-9-8-12-23(20-13-14-31-26(16-20)39(4,37)38)27(21)29(36)35(25)22-10-6-5-7-11-22;/h6-19H,1-2,4-5H3,(H,33,34,35);2*5-18H,1-2,4H3,(H,32,33,34);1H4/t19-;2*18-;/m000./s1. The number of sulfonamides is 1. The van der Waals surface area contributed by atoms with Crippen LogP contribution in [0.25, 0.3) is 97.3 Å². The highest BCUT2D eigenvalue weighted by atomic mass is 32.2. The number of nitrogens with one attached hydrogen (secondary N) is 3. The van der Waals surface area contributed by atoms with Crippen molar-refractivity contribution in [2.24, 2.45) is 0 Å². The van der Waals surface area contributed by atoms with E-state index < -0.39 is 47.8 Å². The third-order valence-corrected chi connectivity index (χ3v) is 22.7. The molecule has 0 aliphatic carbocycles. The molecule has 602 valence electrons. The molecule has 15 aromatic rings. The zero-order valence-electron chi connectivity index (χ0n) is 65.8. The average Bonchev–Trinajstić information content (AvgIpc) is 0.757. The van der Waals surface area contributed by atoms with Crippen LogP contribution < -0.4 is 36.9 Å². The van der Waals surface area contributed by atoms with E-state index >= 15 is 0 Å². The van der Waals surface area contributed by atoms with Crippen LogP contribution in [0.15, 0.2) is 262 Å². The Morgan fingerprint density at radius 3 is 1.09 bits per heavy atom. The molecule has 31 heteroatoms. The largest absolute Gasteiger partial charge is 0.371 e. The average molecular weight is 1650 g/mol. The first-order valence-electron chi connectivity index (χ1n) is 36.8. The van der Waals surface area contributed by atoms with Crippen LogP contribution >= 0.6 is 0 Å². The minimum Gasteiger partial charge on any atom is -0.371 e. The van der Waals surface area contributed by atoms with Crippen LogP contribution in [-0.4, -0.2) is 110 Å². The fourth-order valence-corrected chi connectivity index (χ4v) is 15.2. The second-order valence-corrected chi connectivity index (χ2v) is 33.8. The molecule has 120 heavy (non-hydrogen) atoms. The second-order valence-electron chi connectivity index (χ2n) is 27.8. The Morgan fingerprint density at radius 1 is 0.400 bits per heavy atom. The van der Waals surface area contributed by atoms with Crippen LogP contribution in [0.5, 0.6) is 0 Å². The number of aromatic nitrogens is 12. The van der Waals surface area contributed by atoms with Gasteiger partial charge in [0.15, 0.2) is 24.7 Å². The molecular weight excluding hydrogens is 1580 g/mol. The quantitative estimate of drug-likeness (QED) is 0.0633. The van der Waals surface area contributed by atoms with Gasteiger partial charge in [-0.15, -0.1) is 0 Å². The van der Waals surface area contributed by atoms with Gasteiger partial charge in [-0.05, 0) is 170 Å². The predicted molar refractivity (Wildman–Crippen MR) is 470 cm³/mol. The lowest BCUT2D eigenvalue weighted by Gasteiger charge is -2.22. The Labute approximate surface area is 692 Å². The molecule has 0 aliphatic rings. The normalized spacial score (nSPS) is 12.0. The summed E-state index contributed by atoms with van der Waals surface area (Å²) < 4.78 is 79.0. The minimum atomic E-state index is -3.54. The minimum absolute atomic E-state index is 0. The molecule has 0 unspecified atom stereocenters. The van der Waals surface area contributed by atoms with E-state index in [-0.39, 0.29) is 56.9 Å². The Hall–Kier alpha value is -14.8. The smallest absolute Gasteiger partial charge is 0.263 e. The van der Waals surface area contributed by atoms with Gasteiger partial charge in [0.25, 0.3) is 16.7 Å². The number of anilines is 4. The van der Waals surface area contributed by atoms with Crippen LogP contribution in [-0.2, 0) is 29.7 Å². The molecule has 0 amide bonds. The van der Waals surface area contributed by atoms with Crippen LogP contribution in [0.2, 0.25) is 0 Å². The summed E-state index contributed by atoms with van der Waals surface area (Å²) in [6.07, 6.45) is 13.6. The molecule has 9 aromatic heterocycles. The predicted octanol–water partition coefficient (Wildman–Crippen LogP) is 16.5. The Bertz CT molecular complexity index is 6920. The lowest BCUT2D eigenvalue weighted by atomic mass is 9.98. The summed E-state index contributed by atoms with van der Waals surface area (Å²) in [5, 5.41) is 13.3. The second kappa shape index (κ2) is 35.3. The highest BCUT2D eigenvalue weighted by Crippen LogP contribution is 2.38. The van der Waals surface area contributed by atoms with E-state index in [0.717, 1.165) is 23.1 Å². The van der Waals surface area contributed by atoms with Gasteiger partial charge >= 0.3 is 0 Å². The number of nitrogens with zero attached hydrogens (tertiary/aromatic N) is 16. The molecule has 0 fully saturated rings. The molecule has 6 aromatic carbocycles. The number of hydrogen-bond acceptors (Lipinski definition) is 21. The van der Waals surface area contributed by atoms with Crippen molar-refractivity contribution in [3.8, 4) is 50.4 Å². The maximum atomic E-state index is 14.4. The number of hydrogen-bond donors (Lipinski definition) is 3. The molecule has 15 rings (SSSR count). The first-order valence-corrected chi connectivity index (χ1v) is 42.4. The summed E-state index contributed by atoms with van der Waals surface area (Å²) in [6.45, 7) is 33.4. The molecule has 3 N–H and O–H groups in total. The van der Waals surface area contributed by atoms with Gasteiger partial charge in [0.1, 0.15) is 40.7 Å². The maximum absolute atomic E-state index is 14.4. The Morgan fingerprint density at radius 2 is 0.750 bits per heavy atom. The molecule has 0 aliphatic heterocycles. The lowest BCUT2D eigenvalue weighted by Crippen LogP contribution is -2.26. The van der Waals surface area contributed by atoms with Crippen molar-refractivity contribution >= 4 is 102 Å². The van der Waals surface area contributed by atoms with Gasteiger partial charge in [-0.1, -0.05) is 117 Å². The van der Waals surface area contributed by atoms with Crippen LogP contribution in [0.1, 0.15) is 80.9 Å². The van der Waals surface area contributed by atoms with Crippen molar-refractivity contribution in [1.82, 2.24) is 58.6 Å². The van der Waals surface area contributed by atoms with Crippen molar-refractivity contribution < 1.29 is 25.3 Å². The summed E-state index contributed by atoms with van der Waals surface area (Å²) in [5.41, 5.74) is 7.65. The molecule has 0 spiro atoms. The van der Waals surface area contributed by atoms with Crippen molar-refractivity contribution in [2.45, 2.75) is 77.0 Å². The molecular formula is C89H79N19O9S3. The number of para-hydroxylation sites is 3. The fourth-order valence-electron chi connectivity index (χ4n) is 13.6. The van der Waals surface area contributed by atoms with E-state index in [1.807, 2.05) is 172 Å². The van der Waals surface area contributed by atoms with Crippen LogP contribution in [0, 0.1) is 40.5 Å². The van der Waals surface area contributed by atoms with Gasteiger partial charge in [-0.25, -0.2) is 64.7 Å². The highest BCUT2D eigenvalue weighted by molar-refractivity contribution is 7.92. The first kappa shape index (κ1) is 84.6. The topological polar surface area (TPSA) is 337 Å². The van der Waals surface area contributed by atoms with Crippen LogP contribution in [0.4, 0.5) is 40.3 Å². The molecule has 3 atom stereocenters. The van der Waals surface area contributed by atoms with Crippen molar-refractivity contribution in [3.63, 3.8) is 0 Å². The molecule has 0 radical (unpaired) electrons. The van der Waals surface area contributed by atoms with Gasteiger partial charge in [-0.3, -0.25) is 52.3 Å². The third-order valence-electron chi connectivity index (χ3n) is 19.4. The number of fused-ring (bicyclic) bond motifs is 3. The van der Waals surface area contributed by atoms with Gasteiger partial charge < -0.3 is 16.0 Å². The summed E-state index contributed by atoms with van der Waals surface area (Å²) in [5.74, 6) is 2.97. The van der Waals surface area contributed by atoms with Crippen LogP contribution in [0.3, 0.4) is 0 Å². The van der Waals surface area contributed by atoms with E-state index in [1.54, 1.807) is 71.0 Å². The molecule has 0 saturated heterocycles. The van der Waals surface area contributed by atoms with Crippen molar-refractivity contribution in [3.05, 3.63) is 337 Å². The van der Waals surface area contributed by atoms with E-state index in [2.05, 4.69) is 75.3 Å². The van der Waals surface area contributed by atoms with Gasteiger partial charge in [-0.2, -0.15) is 0 Å². The SMILES string of the molecule is C.[C-]#[N+]c1cnc(C)nc1N[C@@H](C)c1cc2cccc(-c3ccnc(N(C)S(C)(=O)=O)c3)c2c(=O)n1-c1ccccc1.[C-]#[N+]c1cnc(C)nc1N[C@@H](C)c1cc2cccc(-c3ccnc(S(C)(=O)=O)c3)c2c(=O)n1-c1ccccc1.[C-]#[N+]c1cnc(C)nc1N[C@@H](C)c1cc2cccc(-c3cncc(S(C)(=O)=O)c3)c2c(=O)n1-c1ccccc1. The zero-order valence-corrected chi connectivity index (χ0v) is 68.3. The summed E-state index contributed by atoms with van der Waals surface area (Å²) in [7, 11) is -9.12.